The van der Waals surface area contributed by atoms with E-state index < -0.39 is 11.8 Å². The van der Waals surface area contributed by atoms with Gasteiger partial charge in [0, 0.05) is 31.3 Å². The van der Waals surface area contributed by atoms with Gasteiger partial charge in [-0.05, 0) is 69.0 Å². The van der Waals surface area contributed by atoms with Gasteiger partial charge >= 0.3 is 5.69 Å². The van der Waals surface area contributed by atoms with Crippen LogP contribution in [0.1, 0.15) is 29.2 Å². The molecule has 3 heterocycles. The average molecular weight is 574 g/mol. The van der Waals surface area contributed by atoms with Crippen molar-refractivity contribution in [2.24, 2.45) is 4.99 Å². The number of nitrogens with zero attached hydrogens (tertiary/aromatic N) is 4. The molecule has 1 aromatic heterocycles. The molecule has 0 bridgehead atoms. The SMILES string of the molecule is CCOc1cc2c(cc1OC)-c1cc(=Nc3c(C)cc(C)cc3C)n(CCN(O)C(=O)C3=CCNC3=O)c(=O)n1CC2. The Bertz CT molecular complexity index is 1730. The molecule has 5 rings (SSSR count). The second-order valence-corrected chi connectivity index (χ2v) is 10.4. The molecule has 3 aromatic rings. The van der Waals surface area contributed by atoms with Crippen molar-refractivity contribution in [1.29, 1.82) is 0 Å². The predicted molar refractivity (Wildman–Crippen MR) is 156 cm³/mol. The van der Waals surface area contributed by atoms with E-state index in [1.807, 2.05) is 58.0 Å². The van der Waals surface area contributed by atoms with Crippen molar-refractivity contribution in [3.8, 4) is 22.8 Å². The zero-order chi connectivity index (χ0) is 30.1. The van der Waals surface area contributed by atoms with Crippen LogP contribution >= 0.6 is 0 Å². The number of benzene rings is 2. The number of aromatic nitrogens is 2. The number of carbonyl (C=O) groups excluding carboxylic acids is 2. The number of aryl methyl sites for hydroxylation is 4. The van der Waals surface area contributed by atoms with E-state index in [1.165, 1.54) is 10.6 Å². The van der Waals surface area contributed by atoms with Crippen LogP contribution in [0.25, 0.3) is 11.3 Å². The lowest BCUT2D eigenvalue weighted by Gasteiger charge is -2.25. The third-order valence-corrected chi connectivity index (χ3v) is 7.54. The van der Waals surface area contributed by atoms with E-state index in [-0.39, 0.29) is 30.9 Å². The van der Waals surface area contributed by atoms with Gasteiger partial charge in [-0.3, -0.25) is 23.9 Å². The van der Waals surface area contributed by atoms with E-state index in [2.05, 4.69) is 5.32 Å². The number of amides is 2. The maximum Gasteiger partial charge on any atom is 0.330 e. The maximum atomic E-state index is 14.0. The molecule has 0 radical (unpaired) electrons. The monoisotopic (exact) mass is 573 g/mol. The summed E-state index contributed by atoms with van der Waals surface area (Å²) in [6, 6.07) is 9.77. The maximum absolute atomic E-state index is 14.0. The first kappa shape index (κ1) is 28.9. The summed E-state index contributed by atoms with van der Waals surface area (Å²) in [5.41, 5.74) is 6.24. The molecule has 2 aliphatic heterocycles. The van der Waals surface area contributed by atoms with Crippen molar-refractivity contribution in [3.05, 3.63) is 80.2 Å². The summed E-state index contributed by atoms with van der Waals surface area (Å²) in [5, 5.41) is 13.5. The Balaban J connectivity index is 1.65. The molecule has 2 aromatic carbocycles. The van der Waals surface area contributed by atoms with E-state index in [9.17, 15) is 19.6 Å². The lowest BCUT2D eigenvalue weighted by Crippen LogP contribution is -2.45. The normalized spacial score (nSPS) is 14.2. The van der Waals surface area contributed by atoms with Gasteiger partial charge in [0.15, 0.2) is 11.5 Å². The molecule has 0 spiro atoms. The van der Waals surface area contributed by atoms with Crippen LogP contribution < -0.4 is 26.0 Å². The molecular weight excluding hydrogens is 538 g/mol. The Kier molecular flexibility index (Phi) is 8.04. The average Bonchev–Trinajstić information content (AvgIpc) is 3.39. The summed E-state index contributed by atoms with van der Waals surface area (Å²) >= 11 is 0. The molecule has 0 saturated heterocycles. The molecule has 2 amide bonds. The molecule has 11 heteroatoms. The van der Waals surface area contributed by atoms with Crippen LogP contribution in [0, 0.1) is 20.8 Å². The fourth-order valence-electron chi connectivity index (χ4n) is 5.59. The molecule has 2 aliphatic rings. The lowest BCUT2D eigenvalue weighted by atomic mass is 9.97. The molecular formula is C31H35N5O6. The van der Waals surface area contributed by atoms with Gasteiger partial charge in [0.05, 0.1) is 31.6 Å². The number of methoxy groups -OCH3 is 1. The van der Waals surface area contributed by atoms with E-state index >= 15 is 0 Å². The quantitative estimate of drug-likeness (QED) is 0.242. The molecule has 220 valence electrons. The summed E-state index contributed by atoms with van der Waals surface area (Å²) < 4.78 is 14.5. The van der Waals surface area contributed by atoms with Crippen LogP contribution in [0.15, 0.2) is 51.8 Å². The van der Waals surface area contributed by atoms with Gasteiger partial charge in [-0.15, -0.1) is 0 Å². The smallest absolute Gasteiger partial charge is 0.330 e. The second kappa shape index (κ2) is 11.7. The number of carbonyl (C=O) groups is 2. The minimum atomic E-state index is -0.821. The van der Waals surface area contributed by atoms with Gasteiger partial charge in [0.2, 0.25) is 0 Å². The summed E-state index contributed by atoms with van der Waals surface area (Å²) in [4.78, 5) is 43.6. The van der Waals surface area contributed by atoms with E-state index in [0.29, 0.717) is 47.3 Å². The number of ether oxygens (including phenoxy) is 2. The number of hydrogen-bond donors (Lipinski definition) is 2. The highest BCUT2D eigenvalue weighted by molar-refractivity contribution is 6.19. The topological polar surface area (TPSA) is 127 Å². The van der Waals surface area contributed by atoms with Crippen molar-refractivity contribution in [1.82, 2.24) is 19.5 Å². The van der Waals surface area contributed by atoms with Crippen LogP contribution in [0.2, 0.25) is 0 Å². The molecule has 0 fully saturated rings. The third-order valence-electron chi connectivity index (χ3n) is 7.54. The number of rotatable bonds is 8. The van der Waals surface area contributed by atoms with E-state index in [4.69, 9.17) is 14.5 Å². The Morgan fingerprint density at radius 2 is 1.83 bits per heavy atom. The lowest BCUT2D eigenvalue weighted by molar-refractivity contribution is -0.161. The molecule has 0 aliphatic carbocycles. The largest absolute Gasteiger partial charge is 0.493 e. The Morgan fingerprint density at radius 1 is 1.10 bits per heavy atom. The Labute approximate surface area is 243 Å². The van der Waals surface area contributed by atoms with Crippen LogP contribution in [-0.2, 0) is 29.1 Å². The van der Waals surface area contributed by atoms with E-state index in [1.54, 1.807) is 11.7 Å². The Morgan fingerprint density at radius 3 is 2.48 bits per heavy atom. The first-order valence-electron chi connectivity index (χ1n) is 13.9. The second-order valence-electron chi connectivity index (χ2n) is 10.4. The number of hydroxylamine groups is 2. The highest BCUT2D eigenvalue weighted by Gasteiger charge is 2.27. The van der Waals surface area contributed by atoms with Crippen LogP contribution in [0.3, 0.4) is 0 Å². The zero-order valence-electron chi connectivity index (χ0n) is 24.5. The van der Waals surface area contributed by atoms with Crippen LogP contribution in [-0.4, -0.2) is 58.0 Å². The van der Waals surface area contributed by atoms with Crippen molar-refractivity contribution < 1.29 is 24.3 Å². The first-order chi connectivity index (χ1) is 20.1. The molecule has 2 N–H and O–H groups in total. The minimum absolute atomic E-state index is 0.0432. The molecule has 11 nitrogen and oxygen atoms in total. The first-order valence-corrected chi connectivity index (χ1v) is 13.9. The van der Waals surface area contributed by atoms with Gasteiger partial charge in [-0.2, -0.15) is 0 Å². The Hall–Kier alpha value is -4.64. The zero-order valence-corrected chi connectivity index (χ0v) is 24.5. The van der Waals surface area contributed by atoms with E-state index in [0.717, 1.165) is 33.5 Å². The standard InChI is InChI=1S/C31H35N5O6/c1-6-42-26-15-21-8-10-34-24(23(21)16-25(26)41-5)17-27(33-28-19(3)13-18(2)14-20(28)4)35(31(34)39)11-12-36(40)30(38)22-7-9-32-29(22)37/h7,13-17,40H,6,8-12H2,1-5H3,(H,32,37). The fourth-order valence-corrected chi connectivity index (χ4v) is 5.59. The summed E-state index contributed by atoms with van der Waals surface area (Å²) in [5.74, 6) is -0.145. The number of hydrogen-bond acceptors (Lipinski definition) is 7. The van der Waals surface area contributed by atoms with Crippen molar-refractivity contribution in [2.45, 2.75) is 47.2 Å². The third kappa shape index (κ3) is 5.35. The highest BCUT2D eigenvalue weighted by atomic mass is 16.5. The molecule has 0 unspecified atom stereocenters. The fraction of sp³-hybridized carbons (Fsp3) is 0.355. The van der Waals surface area contributed by atoms with Crippen molar-refractivity contribution in [2.75, 3.05) is 26.8 Å². The molecule has 0 saturated carbocycles. The van der Waals surface area contributed by atoms with Crippen LogP contribution in [0.4, 0.5) is 5.69 Å². The van der Waals surface area contributed by atoms with Gasteiger partial charge < -0.3 is 14.8 Å². The molecule has 42 heavy (non-hydrogen) atoms. The van der Waals surface area contributed by atoms with Crippen LogP contribution in [0.5, 0.6) is 11.5 Å². The minimum Gasteiger partial charge on any atom is -0.493 e. The van der Waals surface area contributed by atoms with Gasteiger partial charge in [-0.1, -0.05) is 17.7 Å². The summed E-state index contributed by atoms with van der Waals surface area (Å²) in [6.45, 7) is 8.76. The summed E-state index contributed by atoms with van der Waals surface area (Å²) in [7, 11) is 1.58. The van der Waals surface area contributed by atoms with Gasteiger partial charge in [0.1, 0.15) is 11.1 Å². The highest BCUT2D eigenvalue weighted by Crippen LogP contribution is 2.37. The predicted octanol–water partition coefficient (Wildman–Crippen LogP) is 2.71. The van der Waals surface area contributed by atoms with Gasteiger partial charge in [0.25, 0.3) is 11.8 Å². The van der Waals surface area contributed by atoms with Gasteiger partial charge in [-0.25, -0.2) is 14.9 Å². The van der Waals surface area contributed by atoms with Crippen molar-refractivity contribution >= 4 is 17.5 Å². The number of nitrogens with one attached hydrogen (secondary N) is 1. The van der Waals surface area contributed by atoms with Crippen molar-refractivity contribution in [3.63, 3.8) is 0 Å². The summed E-state index contributed by atoms with van der Waals surface area (Å²) in [6.07, 6.45) is 2.04. The number of fused-ring (bicyclic) bond motifs is 3. The molecule has 0 atom stereocenters.